The van der Waals surface area contributed by atoms with Crippen LogP contribution in [-0.2, 0) is 65.4 Å². The maximum Gasteiger partial charge on any atom is 0.472 e. The highest BCUT2D eigenvalue weighted by Gasteiger charge is 2.30. The summed E-state index contributed by atoms with van der Waals surface area (Å²) >= 11 is 0. The molecule has 0 bridgehead atoms. The summed E-state index contributed by atoms with van der Waals surface area (Å²) in [7, 11) is -10.0. The number of phosphoric acid groups is 2. The molecule has 0 heterocycles. The van der Waals surface area contributed by atoms with Crippen LogP contribution in [0.2, 0.25) is 0 Å². The van der Waals surface area contributed by atoms with Crippen molar-refractivity contribution in [3.05, 3.63) is 231 Å². The van der Waals surface area contributed by atoms with E-state index in [1.54, 1.807) is 0 Å². The third-order valence-electron chi connectivity index (χ3n) is 15.6. The van der Waals surface area contributed by atoms with Crippen molar-refractivity contribution < 1.29 is 80.2 Å². The third kappa shape index (κ3) is 79.2. The van der Waals surface area contributed by atoms with E-state index in [0.29, 0.717) is 38.5 Å². The van der Waals surface area contributed by atoms with E-state index in [1.807, 2.05) is 36.5 Å². The smallest absolute Gasteiger partial charge is 0.462 e. The number of aliphatic hydroxyl groups excluding tert-OH is 1. The van der Waals surface area contributed by atoms with Crippen molar-refractivity contribution in [1.82, 2.24) is 0 Å². The number of esters is 4. The highest BCUT2D eigenvalue weighted by Crippen LogP contribution is 2.45. The molecular formula is C91H140O17P2. The summed E-state index contributed by atoms with van der Waals surface area (Å²) in [6.07, 6.45) is 103. The van der Waals surface area contributed by atoms with Gasteiger partial charge in [0.25, 0.3) is 0 Å². The van der Waals surface area contributed by atoms with Gasteiger partial charge in [-0.3, -0.25) is 37.3 Å². The molecular weight excluding hydrogens is 1430 g/mol. The van der Waals surface area contributed by atoms with Crippen LogP contribution in [0.5, 0.6) is 0 Å². The van der Waals surface area contributed by atoms with Crippen LogP contribution in [0, 0.1) is 0 Å². The first-order valence-electron chi connectivity index (χ1n) is 40.6. The van der Waals surface area contributed by atoms with Crippen LogP contribution in [0.1, 0.15) is 259 Å². The Morgan fingerprint density at radius 2 is 0.464 bits per heavy atom. The maximum absolute atomic E-state index is 13.1. The predicted molar refractivity (Wildman–Crippen MR) is 454 cm³/mol. The van der Waals surface area contributed by atoms with Gasteiger partial charge in [0.2, 0.25) is 0 Å². The molecule has 0 spiro atoms. The first-order chi connectivity index (χ1) is 53.7. The molecule has 0 saturated carbocycles. The standard InChI is InChI=1S/C91H140O17P2/c1-5-9-13-17-21-25-29-33-37-40-42-45-48-51-55-59-63-67-71-75-88(93)101-81-86(107-90(95)77-73-69-65-61-57-53-47-36-32-28-24-20-16-12-8-4)83-105-109(97,98)103-79-85(92)80-104-110(99,100)106-84-87(108-91(96)78-74-70-66-62-58-54-50-44-39-35-31-27-23-19-15-11-7-3)82-102-89(94)76-72-68-64-60-56-52-49-46-43-41-38-34-30-26-22-18-14-10-6-2/h9-16,21-28,33-39,42-43,45-47,50-52,54-56,63-64,67-68,85-87,92H,5-8,17-20,29-32,40-41,44,48-49,53,57-62,65-66,69-84H2,1-4H3,(H,97,98)(H,99,100)/b13-9-,14-10-,15-11-,16-12-,25-21-,26-22-,27-23-,28-24-,37-33-,38-34-,39-35-,45-42-,46-43-,47-36-,54-50-,55-51-,56-52-,67-63-,68-64-. The first kappa shape index (κ1) is 103. The quantitative estimate of drug-likeness (QED) is 0.0169. The van der Waals surface area contributed by atoms with Gasteiger partial charge in [-0.1, -0.05) is 291 Å². The molecule has 0 aromatic carbocycles. The molecule has 0 aliphatic carbocycles. The number of unbranched alkanes of at least 4 members (excludes halogenated alkanes) is 9. The normalized spacial score (nSPS) is 15.0. The average Bonchev–Trinajstić information content (AvgIpc) is 0.906. The van der Waals surface area contributed by atoms with Crippen LogP contribution in [0.15, 0.2) is 231 Å². The Morgan fingerprint density at radius 1 is 0.255 bits per heavy atom. The molecule has 0 aromatic rings. The van der Waals surface area contributed by atoms with Gasteiger partial charge in [0.15, 0.2) is 12.2 Å². The SMILES string of the molecule is CC/C=C\C/C=C\C/C=C\C/C=C\C/C=C\C/C=C\CCC(=O)OCC(COP(=O)(O)OCC(O)COP(=O)(O)OCC(COC(=O)CC/C=C\C/C=C\C/C=C\C/C=C\C/C=C\C/C=C\CC)OC(=O)CCCCCCC/C=C\C/C=C\C/C=C\CC)OC(=O)CCCCCC/C=C\C/C=C\C/C=C\C/C=C\CC. The van der Waals surface area contributed by atoms with Gasteiger partial charge in [0, 0.05) is 25.7 Å². The van der Waals surface area contributed by atoms with E-state index in [4.69, 9.17) is 37.0 Å². The van der Waals surface area contributed by atoms with Gasteiger partial charge in [-0.15, -0.1) is 0 Å². The molecule has 0 aromatic heterocycles. The van der Waals surface area contributed by atoms with Crippen LogP contribution in [0.4, 0.5) is 0 Å². The van der Waals surface area contributed by atoms with Gasteiger partial charge >= 0.3 is 39.5 Å². The van der Waals surface area contributed by atoms with Crippen LogP contribution in [-0.4, -0.2) is 96.7 Å². The number of hydrogen-bond donors (Lipinski definition) is 3. The van der Waals surface area contributed by atoms with Crippen molar-refractivity contribution in [3.8, 4) is 0 Å². The van der Waals surface area contributed by atoms with Crippen molar-refractivity contribution in [3.63, 3.8) is 0 Å². The topological polar surface area (TPSA) is 237 Å². The number of carbonyl (C=O) groups is 4. The second-order valence-electron chi connectivity index (χ2n) is 25.8. The summed E-state index contributed by atoms with van der Waals surface area (Å²) in [5.41, 5.74) is 0. The Balaban J connectivity index is 5.57. The summed E-state index contributed by atoms with van der Waals surface area (Å²) in [4.78, 5) is 73.1. The highest BCUT2D eigenvalue weighted by molar-refractivity contribution is 7.47. The minimum atomic E-state index is -5.02. The van der Waals surface area contributed by atoms with E-state index in [9.17, 15) is 43.2 Å². The van der Waals surface area contributed by atoms with Gasteiger partial charge in [-0.2, -0.15) is 0 Å². The molecule has 0 radical (unpaired) electrons. The zero-order valence-corrected chi connectivity index (χ0v) is 69.1. The zero-order chi connectivity index (χ0) is 80.3. The molecule has 0 fully saturated rings. The lowest BCUT2D eigenvalue weighted by Crippen LogP contribution is -2.30. The molecule has 0 aliphatic heterocycles. The third-order valence-corrected chi connectivity index (χ3v) is 17.5. The lowest BCUT2D eigenvalue weighted by molar-refractivity contribution is -0.161. The average molecular weight is 1570 g/mol. The zero-order valence-electron chi connectivity index (χ0n) is 67.3. The summed E-state index contributed by atoms with van der Waals surface area (Å²) in [6, 6.07) is 0. The van der Waals surface area contributed by atoms with Gasteiger partial charge in [-0.25, -0.2) is 9.13 Å². The maximum atomic E-state index is 13.1. The van der Waals surface area contributed by atoms with Crippen molar-refractivity contribution in [2.75, 3.05) is 39.6 Å². The number of rotatable bonds is 73. The van der Waals surface area contributed by atoms with Gasteiger partial charge in [0.1, 0.15) is 19.3 Å². The van der Waals surface area contributed by atoms with E-state index >= 15 is 0 Å². The molecule has 0 rings (SSSR count). The summed E-state index contributed by atoms with van der Waals surface area (Å²) in [6.45, 7) is 4.16. The number of carbonyl (C=O) groups excluding carboxylic acids is 4. The fourth-order valence-electron chi connectivity index (χ4n) is 9.63. The molecule has 0 amide bonds. The first-order valence-corrected chi connectivity index (χ1v) is 43.6. The molecule has 0 saturated heterocycles. The second kappa shape index (κ2) is 80.2. The van der Waals surface area contributed by atoms with E-state index in [2.05, 4.69) is 222 Å². The van der Waals surface area contributed by atoms with Gasteiger partial charge in [0.05, 0.1) is 26.4 Å². The van der Waals surface area contributed by atoms with Crippen molar-refractivity contribution >= 4 is 39.5 Å². The minimum Gasteiger partial charge on any atom is -0.462 e. The van der Waals surface area contributed by atoms with E-state index in [0.717, 1.165) is 167 Å². The molecule has 5 unspecified atom stereocenters. The van der Waals surface area contributed by atoms with E-state index in [1.165, 1.54) is 0 Å². The monoisotopic (exact) mass is 1570 g/mol. The van der Waals surface area contributed by atoms with E-state index in [-0.39, 0.29) is 25.7 Å². The molecule has 0 aliphatic rings. The van der Waals surface area contributed by atoms with Gasteiger partial charge < -0.3 is 33.8 Å². The summed E-state index contributed by atoms with van der Waals surface area (Å²) in [5.74, 6) is -2.45. The fraction of sp³-hybridized carbons (Fsp3) is 0.538. The van der Waals surface area contributed by atoms with Crippen molar-refractivity contribution in [2.45, 2.75) is 277 Å². The molecule has 3 N–H and O–H groups in total. The number of hydrogen-bond acceptors (Lipinski definition) is 15. The number of allylic oxidation sites excluding steroid dienone is 38. The van der Waals surface area contributed by atoms with Crippen LogP contribution < -0.4 is 0 Å². The van der Waals surface area contributed by atoms with Gasteiger partial charge in [-0.05, 0) is 173 Å². The highest BCUT2D eigenvalue weighted by atomic mass is 31.2. The molecule has 5 atom stereocenters. The number of phosphoric ester groups is 2. The Labute approximate surface area is 664 Å². The molecule has 19 heteroatoms. The Bertz CT molecular complexity index is 3000. The summed E-state index contributed by atoms with van der Waals surface area (Å²) < 4.78 is 68.5. The van der Waals surface area contributed by atoms with Crippen LogP contribution in [0.3, 0.4) is 0 Å². The Kier molecular flexibility index (Phi) is 75.2. The lowest BCUT2D eigenvalue weighted by atomic mass is 10.1. The lowest BCUT2D eigenvalue weighted by Gasteiger charge is -2.21. The fourth-order valence-corrected chi connectivity index (χ4v) is 11.2. The largest absolute Gasteiger partial charge is 0.472 e. The Morgan fingerprint density at radius 3 is 0.718 bits per heavy atom. The molecule has 616 valence electrons. The molecule has 110 heavy (non-hydrogen) atoms. The Hall–Kier alpha value is -6.88. The van der Waals surface area contributed by atoms with E-state index < -0.39 is 97.5 Å². The second-order valence-corrected chi connectivity index (χ2v) is 28.7. The summed E-state index contributed by atoms with van der Waals surface area (Å²) in [5, 5.41) is 10.7. The van der Waals surface area contributed by atoms with Crippen LogP contribution in [0.25, 0.3) is 0 Å². The minimum absolute atomic E-state index is 0.0184. The number of aliphatic hydroxyl groups is 1. The van der Waals surface area contributed by atoms with Crippen molar-refractivity contribution in [1.29, 1.82) is 0 Å². The number of ether oxygens (including phenoxy) is 4. The van der Waals surface area contributed by atoms with Crippen LogP contribution >= 0.6 is 15.6 Å². The predicted octanol–water partition coefficient (Wildman–Crippen LogP) is 24.2. The molecule has 17 nitrogen and oxygen atoms in total. The van der Waals surface area contributed by atoms with Crippen molar-refractivity contribution in [2.24, 2.45) is 0 Å².